The number of anilines is 1. The molecule has 3 aromatic carbocycles. The summed E-state index contributed by atoms with van der Waals surface area (Å²) in [5, 5.41) is 1.17. The normalized spacial score (nSPS) is 11.7. The van der Waals surface area contributed by atoms with Gasteiger partial charge in [0.15, 0.2) is 0 Å². The first kappa shape index (κ1) is 18.5. The monoisotopic (exact) mass is 414 g/mol. The van der Waals surface area contributed by atoms with Crippen LogP contribution in [0.15, 0.2) is 71.6 Å². The molecule has 0 atom stereocenters. The lowest BCUT2D eigenvalue weighted by Crippen LogP contribution is -2.14. The van der Waals surface area contributed by atoms with Crippen molar-refractivity contribution in [1.82, 2.24) is 4.98 Å². The van der Waals surface area contributed by atoms with Gasteiger partial charge in [0.2, 0.25) is 0 Å². The number of aromatic amines is 1. The topological polar surface area (TPSA) is 62.0 Å². The molecule has 0 unspecified atom stereocenters. The lowest BCUT2D eigenvalue weighted by molar-refractivity contribution is 0.600. The van der Waals surface area contributed by atoms with Crippen LogP contribution >= 0.6 is 11.6 Å². The molecule has 4 aromatic rings. The van der Waals surface area contributed by atoms with Crippen molar-refractivity contribution in [3.63, 3.8) is 0 Å². The summed E-state index contributed by atoms with van der Waals surface area (Å²) in [6.07, 6.45) is 0. The Hall–Kier alpha value is -2.83. The fourth-order valence-corrected chi connectivity index (χ4v) is 4.62. The Labute approximate surface area is 167 Å². The summed E-state index contributed by atoms with van der Waals surface area (Å²) < 4.78 is 41.3. The standard InChI is InChI=1S/C21H16ClFN2O2S/c1-13-18(22)3-2-4-21(13)28(26,27)25-17-8-5-14(6-9-17)20-12-15-11-16(23)7-10-19(15)24-20/h2-12,24-25H,1H3. The van der Waals surface area contributed by atoms with Crippen LogP contribution in [0.25, 0.3) is 22.2 Å². The molecule has 0 saturated heterocycles. The number of rotatable bonds is 4. The Kier molecular flexibility index (Phi) is 4.61. The number of sulfonamides is 1. The van der Waals surface area contributed by atoms with Gasteiger partial charge in [-0.25, -0.2) is 12.8 Å². The summed E-state index contributed by atoms with van der Waals surface area (Å²) in [5.74, 6) is -0.292. The summed E-state index contributed by atoms with van der Waals surface area (Å²) in [6.45, 7) is 1.67. The quantitative estimate of drug-likeness (QED) is 0.447. The molecule has 4 nitrogen and oxygen atoms in total. The molecule has 0 fully saturated rings. The molecule has 0 saturated carbocycles. The zero-order chi connectivity index (χ0) is 19.9. The molecule has 0 bridgehead atoms. The Morgan fingerprint density at radius 2 is 1.75 bits per heavy atom. The Morgan fingerprint density at radius 3 is 2.50 bits per heavy atom. The van der Waals surface area contributed by atoms with Gasteiger partial charge in [-0.2, -0.15) is 0 Å². The molecule has 0 aliphatic carbocycles. The molecule has 2 N–H and O–H groups in total. The summed E-state index contributed by atoms with van der Waals surface area (Å²) >= 11 is 6.04. The van der Waals surface area contributed by atoms with E-state index in [4.69, 9.17) is 11.6 Å². The van der Waals surface area contributed by atoms with Gasteiger partial charge < -0.3 is 4.98 Å². The molecule has 4 rings (SSSR count). The molecule has 1 heterocycles. The first-order chi connectivity index (χ1) is 13.3. The lowest BCUT2D eigenvalue weighted by atomic mass is 10.1. The summed E-state index contributed by atoms with van der Waals surface area (Å²) in [6, 6.07) is 18.1. The van der Waals surface area contributed by atoms with E-state index in [1.165, 1.54) is 18.2 Å². The predicted octanol–water partition coefficient (Wildman–Crippen LogP) is 5.74. The summed E-state index contributed by atoms with van der Waals surface area (Å²) in [4.78, 5) is 3.37. The largest absolute Gasteiger partial charge is 0.355 e. The van der Waals surface area contributed by atoms with Crippen molar-refractivity contribution in [2.75, 3.05) is 4.72 Å². The molecular weight excluding hydrogens is 399 g/mol. The van der Waals surface area contributed by atoms with Crippen LogP contribution in [0.1, 0.15) is 5.56 Å². The van der Waals surface area contributed by atoms with Crippen molar-refractivity contribution >= 4 is 38.2 Å². The average Bonchev–Trinajstić information content (AvgIpc) is 3.07. The molecule has 28 heavy (non-hydrogen) atoms. The highest BCUT2D eigenvalue weighted by Crippen LogP contribution is 2.28. The number of benzene rings is 3. The van der Waals surface area contributed by atoms with Gasteiger partial charge in [-0.05, 0) is 66.6 Å². The van der Waals surface area contributed by atoms with Gasteiger partial charge in [0.1, 0.15) is 5.82 Å². The van der Waals surface area contributed by atoms with Gasteiger partial charge in [0, 0.05) is 27.3 Å². The second-order valence-electron chi connectivity index (χ2n) is 6.46. The Bertz CT molecular complexity index is 1280. The zero-order valence-electron chi connectivity index (χ0n) is 14.8. The second kappa shape index (κ2) is 6.96. The van der Waals surface area contributed by atoms with Crippen molar-refractivity contribution in [2.45, 2.75) is 11.8 Å². The highest BCUT2D eigenvalue weighted by Gasteiger charge is 2.18. The minimum atomic E-state index is -3.75. The van der Waals surface area contributed by atoms with Crippen molar-refractivity contribution in [3.8, 4) is 11.3 Å². The van der Waals surface area contributed by atoms with E-state index in [9.17, 15) is 12.8 Å². The van der Waals surface area contributed by atoms with Crippen LogP contribution in [-0.2, 0) is 10.0 Å². The summed E-state index contributed by atoms with van der Waals surface area (Å²) in [7, 11) is -3.75. The minimum Gasteiger partial charge on any atom is -0.355 e. The van der Waals surface area contributed by atoms with E-state index in [-0.39, 0.29) is 10.7 Å². The van der Waals surface area contributed by atoms with Crippen LogP contribution < -0.4 is 4.72 Å². The van der Waals surface area contributed by atoms with Crippen LogP contribution in [0.2, 0.25) is 5.02 Å². The van der Waals surface area contributed by atoms with E-state index in [0.29, 0.717) is 16.3 Å². The van der Waals surface area contributed by atoms with Gasteiger partial charge in [-0.3, -0.25) is 4.72 Å². The van der Waals surface area contributed by atoms with Gasteiger partial charge in [0.05, 0.1) is 4.90 Å². The Morgan fingerprint density at radius 1 is 1.00 bits per heavy atom. The maximum Gasteiger partial charge on any atom is 0.262 e. The molecular formula is C21H16ClFN2O2S. The highest BCUT2D eigenvalue weighted by molar-refractivity contribution is 7.92. The van der Waals surface area contributed by atoms with Crippen LogP contribution in [0.3, 0.4) is 0 Å². The third-order valence-corrected chi connectivity index (χ3v) is 6.47. The average molecular weight is 415 g/mol. The first-order valence-electron chi connectivity index (χ1n) is 8.50. The van der Waals surface area contributed by atoms with Crippen molar-refractivity contribution < 1.29 is 12.8 Å². The van der Waals surface area contributed by atoms with Crippen LogP contribution in [0.5, 0.6) is 0 Å². The number of fused-ring (bicyclic) bond motifs is 1. The number of hydrogen-bond donors (Lipinski definition) is 2. The fraction of sp³-hybridized carbons (Fsp3) is 0.0476. The van der Waals surface area contributed by atoms with E-state index in [1.807, 2.05) is 6.07 Å². The third kappa shape index (κ3) is 3.48. The number of nitrogens with one attached hydrogen (secondary N) is 2. The van der Waals surface area contributed by atoms with E-state index >= 15 is 0 Å². The van der Waals surface area contributed by atoms with Crippen molar-refractivity contribution in [2.24, 2.45) is 0 Å². The summed E-state index contributed by atoms with van der Waals surface area (Å²) in [5.41, 5.74) is 3.45. The van der Waals surface area contributed by atoms with Crippen LogP contribution in [0, 0.1) is 12.7 Å². The second-order valence-corrected chi connectivity index (χ2v) is 8.52. The van der Waals surface area contributed by atoms with Gasteiger partial charge >= 0.3 is 0 Å². The van der Waals surface area contributed by atoms with Crippen molar-refractivity contribution in [3.05, 3.63) is 83.1 Å². The highest BCUT2D eigenvalue weighted by atomic mass is 35.5. The Balaban J connectivity index is 1.61. The number of hydrogen-bond acceptors (Lipinski definition) is 2. The van der Waals surface area contributed by atoms with E-state index < -0.39 is 10.0 Å². The number of aromatic nitrogens is 1. The third-order valence-electron chi connectivity index (χ3n) is 4.54. The zero-order valence-corrected chi connectivity index (χ0v) is 16.4. The molecule has 0 aliphatic rings. The molecule has 7 heteroatoms. The SMILES string of the molecule is Cc1c(Cl)cccc1S(=O)(=O)Nc1ccc(-c2cc3cc(F)ccc3[nH]2)cc1. The molecule has 142 valence electrons. The van der Waals surface area contributed by atoms with Gasteiger partial charge in [-0.1, -0.05) is 29.8 Å². The lowest BCUT2D eigenvalue weighted by Gasteiger charge is -2.11. The van der Waals surface area contributed by atoms with E-state index in [2.05, 4.69) is 9.71 Å². The molecule has 0 amide bonds. The smallest absolute Gasteiger partial charge is 0.262 e. The number of H-pyrrole nitrogens is 1. The van der Waals surface area contributed by atoms with Crippen LogP contribution in [0.4, 0.5) is 10.1 Å². The minimum absolute atomic E-state index is 0.140. The maximum atomic E-state index is 13.4. The molecule has 0 spiro atoms. The van der Waals surface area contributed by atoms with E-state index in [0.717, 1.165) is 22.2 Å². The molecule has 1 aromatic heterocycles. The number of halogens is 2. The maximum absolute atomic E-state index is 13.4. The van der Waals surface area contributed by atoms with Crippen molar-refractivity contribution in [1.29, 1.82) is 0 Å². The van der Waals surface area contributed by atoms with Crippen LogP contribution in [-0.4, -0.2) is 13.4 Å². The molecule has 0 radical (unpaired) electrons. The molecule has 0 aliphatic heterocycles. The first-order valence-corrected chi connectivity index (χ1v) is 10.4. The van der Waals surface area contributed by atoms with Gasteiger partial charge in [-0.15, -0.1) is 0 Å². The predicted molar refractivity (Wildman–Crippen MR) is 111 cm³/mol. The van der Waals surface area contributed by atoms with Gasteiger partial charge in [0.25, 0.3) is 10.0 Å². The van der Waals surface area contributed by atoms with E-state index in [1.54, 1.807) is 49.4 Å². The fourth-order valence-electron chi connectivity index (χ4n) is 3.07.